The van der Waals surface area contributed by atoms with Gasteiger partial charge in [-0.25, -0.2) is 10.5 Å². The second kappa shape index (κ2) is 5.88. The quantitative estimate of drug-likeness (QED) is 0.820. The molecule has 6 heteroatoms. The minimum absolute atomic E-state index is 0.202. The number of carbonyl (C=O) groups is 1. The molecule has 1 aliphatic rings. The van der Waals surface area contributed by atoms with Crippen LogP contribution in [0.5, 0.6) is 5.88 Å². The van der Waals surface area contributed by atoms with E-state index in [2.05, 4.69) is 15.3 Å². The van der Waals surface area contributed by atoms with E-state index in [9.17, 15) is 4.79 Å². The topological polar surface area (TPSA) is 60.5 Å². The summed E-state index contributed by atoms with van der Waals surface area (Å²) in [4.78, 5) is 20.2. The van der Waals surface area contributed by atoms with Gasteiger partial charge in [-0.15, -0.1) is 0 Å². The van der Waals surface area contributed by atoms with E-state index in [1.54, 1.807) is 18.3 Å². The molecule has 1 aromatic rings. The van der Waals surface area contributed by atoms with Crippen molar-refractivity contribution in [3.05, 3.63) is 23.9 Å². The maximum absolute atomic E-state index is 11.5. The van der Waals surface area contributed by atoms with Crippen molar-refractivity contribution in [1.82, 2.24) is 10.5 Å². The minimum atomic E-state index is -0.305. The summed E-state index contributed by atoms with van der Waals surface area (Å²) in [5, 5.41) is 0. The Kier molecular flexibility index (Phi) is 4.22. The van der Waals surface area contributed by atoms with Crippen molar-refractivity contribution in [2.45, 2.75) is 12.5 Å². The van der Waals surface area contributed by atoms with Crippen molar-refractivity contribution >= 4 is 17.7 Å². The normalized spacial score (nSPS) is 19.0. The summed E-state index contributed by atoms with van der Waals surface area (Å²) < 4.78 is 5.69. The van der Waals surface area contributed by atoms with Crippen molar-refractivity contribution in [3.8, 4) is 5.88 Å². The number of thioether (sulfide) groups is 1. The zero-order chi connectivity index (χ0) is 12.1. The first-order valence-electron chi connectivity index (χ1n) is 5.33. The Morgan fingerprint density at radius 2 is 2.53 bits per heavy atom. The lowest BCUT2D eigenvalue weighted by Crippen LogP contribution is -2.22. The summed E-state index contributed by atoms with van der Waals surface area (Å²) in [6.07, 6.45) is 2.79. The number of pyridine rings is 1. The fourth-order valence-electron chi connectivity index (χ4n) is 1.54. The first-order chi connectivity index (χ1) is 8.29. The monoisotopic (exact) mass is 254 g/mol. The number of hydrogen-bond acceptors (Lipinski definition) is 5. The number of carbonyl (C=O) groups excluding carboxylic acids is 1. The molecule has 0 aromatic carbocycles. The van der Waals surface area contributed by atoms with Crippen LogP contribution >= 0.6 is 11.8 Å². The van der Waals surface area contributed by atoms with Crippen molar-refractivity contribution in [2.75, 3.05) is 18.6 Å². The Labute approximate surface area is 104 Å². The number of aromatic nitrogens is 1. The zero-order valence-corrected chi connectivity index (χ0v) is 10.3. The predicted molar refractivity (Wildman–Crippen MR) is 65.1 cm³/mol. The number of hydroxylamine groups is 1. The maximum atomic E-state index is 11.5. The number of hydrogen-bond donors (Lipinski definition) is 1. The zero-order valence-electron chi connectivity index (χ0n) is 9.51. The van der Waals surface area contributed by atoms with E-state index in [1.807, 2.05) is 11.8 Å². The van der Waals surface area contributed by atoms with Gasteiger partial charge in [-0.05, 0) is 18.2 Å². The van der Waals surface area contributed by atoms with E-state index in [0.717, 1.165) is 17.9 Å². The highest BCUT2D eigenvalue weighted by molar-refractivity contribution is 7.99. The second-order valence-electron chi connectivity index (χ2n) is 3.62. The largest absolute Gasteiger partial charge is 0.473 e. The molecule has 0 radical (unpaired) electrons. The van der Waals surface area contributed by atoms with Crippen LogP contribution in [0.4, 0.5) is 0 Å². The molecule has 1 unspecified atom stereocenters. The van der Waals surface area contributed by atoms with Crippen LogP contribution in [0.1, 0.15) is 16.8 Å². The number of ether oxygens (including phenoxy) is 1. The minimum Gasteiger partial charge on any atom is -0.473 e. The molecule has 17 heavy (non-hydrogen) atoms. The third-order valence-corrected chi connectivity index (χ3v) is 3.50. The Bertz CT molecular complexity index is 394. The summed E-state index contributed by atoms with van der Waals surface area (Å²) in [7, 11) is 1.40. The van der Waals surface area contributed by atoms with Crippen molar-refractivity contribution < 1.29 is 14.4 Å². The summed E-state index contributed by atoms with van der Waals surface area (Å²) in [6.45, 7) is 0. The van der Waals surface area contributed by atoms with E-state index < -0.39 is 0 Å². The molecule has 5 nitrogen and oxygen atoms in total. The number of amides is 1. The molecule has 0 saturated carbocycles. The number of rotatable bonds is 4. The SMILES string of the molecule is CONC(=O)c1ccnc(OC2CCSC2)c1. The molecule has 2 heterocycles. The third kappa shape index (κ3) is 3.34. The van der Waals surface area contributed by atoms with Gasteiger partial charge < -0.3 is 4.74 Å². The van der Waals surface area contributed by atoms with Crippen LogP contribution in [0, 0.1) is 0 Å². The second-order valence-corrected chi connectivity index (χ2v) is 4.77. The lowest BCUT2D eigenvalue weighted by atomic mass is 10.2. The molecule has 1 aromatic heterocycles. The molecule has 1 amide bonds. The lowest BCUT2D eigenvalue weighted by Gasteiger charge is -2.11. The Balaban J connectivity index is 2.02. The fourth-order valence-corrected chi connectivity index (χ4v) is 2.64. The highest BCUT2D eigenvalue weighted by Gasteiger charge is 2.18. The first-order valence-corrected chi connectivity index (χ1v) is 6.49. The Hall–Kier alpha value is -1.27. The average molecular weight is 254 g/mol. The molecule has 0 spiro atoms. The predicted octanol–water partition coefficient (Wildman–Crippen LogP) is 1.26. The van der Waals surface area contributed by atoms with Crippen LogP contribution in [0.2, 0.25) is 0 Å². The van der Waals surface area contributed by atoms with Gasteiger partial charge in [0.25, 0.3) is 5.91 Å². The number of nitrogens with zero attached hydrogens (tertiary/aromatic N) is 1. The van der Waals surface area contributed by atoms with E-state index in [0.29, 0.717) is 11.4 Å². The first kappa shape index (κ1) is 12.2. The maximum Gasteiger partial charge on any atom is 0.275 e. The summed E-state index contributed by atoms with van der Waals surface area (Å²) in [6, 6.07) is 3.24. The van der Waals surface area contributed by atoms with Gasteiger partial charge in [-0.1, -0.05) is 0 Å². The van der Waals surface area contributed by atoms with E-state index in [4.69, 9.17) is 4.74 Å². The molecule has 1 atom stereocenters. The molecule has 1 aliphatic heterocycles. The van der Waals surface area contributed by atoms with Crippen LogP contribution < -0.4 is 10.2 Å². The van der Waals surface area contributed by atoms with Crippen LogP contribution in [0.15, 0.2) is 18.3 Å². The van der Waals surface area contributed by atoms with E-state index >= 15 is 0 Å². The molecule has 1 saturated heterocycles. The lowest BCUT2D eigenvalue weighted by molar-refractivity contribution is 0.0537. The van der Waals surface area contributed by atoms with Gasteiger partial charge in [-0.3, -0.25) is 9.63 Å². The molecular weight excluding hydrogens is 240 g/mol. The summed E-state index contributed by atoms with van der Waals surface area (Å²) in [5.74, 6) is 2.28. The molecule has 1 fully saturated rings. The van der Waals surface area contributed by atoms with E-state index in [1.165, 1.54) is 7.11 Å². The average Bonchev–Trinajstić information content (AvgIpc) is 2.82. The van der Waals surface area contributed by atoms with Gasteiger partial charge in [-0.2, -0.15) is 11.8 Å². The third-order valence-electron chi connectivity index (χ3n) is 2.37. The van der Waals surface area contributed by atoms with Gasteiger partial charge >= 0.3 is 0 Å². The van der Waals surface area contributed by atoms with Gasteiger partial charge in [0.1, 0.15) is 6.10 Å². The fraction of sp³-hybridized carbons (Fsp3) is 0.455. The van der Waals surface area contributed by atoms with Crippen LogP contribution in [-0.4, -0.2) is 35.6 Å². The van der Waals surface area contributed by atoms with Gasteiger partial charge in [0.05, 0.1) is 7.11 Å². The van der Waals surface area contributed by atoms with Crippen LogP contribution in [0.3, 0.4) is 0 Å². The molecule has 0 aliphatic carbocycles. The number of nitrogens with one attached hydrogen (secondary N) is 1. The molecular formula is C11H14N2O3S. The van der Waals surface area contributed by atoms with Crippen molar-refractivity contribution in [2.24, 2.45) is 0 Å². The Morgan fingerprint density at radius 1 is 1.65 bits per heavy atom. The Morgan fingerprint density at radius 3 is 3.24 bits per heavy atom. The highest BCUT2D eigenvalue weighted by Crippen LogP contribution is 2.22. The summed E-state index contributed by atoms with van der Waals surface area (Å²) in [5.41, 5.74) is 2.73. The molecule has 1 N–H and O–H groups in total. The smallest absolute Gasteiger partial charge is 0.275 e. The van der Waals surface area contributed by atoms with Gasteiger partial charge in [0.2, 0.25) is 5.88 Å². The van der Waals surface area contributed by atoms with Gasteiger partial charge in [0.15, 0.2) is 0 Å². The van der Waals surface area contributed by atoms with Crippen molar-refractivity contribution in [1.29, 1.82) is 0 Å². The molecule has 2 rings (SSSR count). The van der Waals surface area contributed by atoms with Crippen molar-refractivity contribution in [3.63, 3.8) is 0 Å². The summed E-state index contributed by atoms with van der Waals surface area (Å²) >= 11 is 1.87. The molecule has 0 bridgehead atoms. The van der Waals surface area contributed by atoms with E-state index in [-0.39, 0.29) is 12.0 Å². The molecule has 92 valence electrons. The highest BCUT2D eigenvalue weighted by atomic mass is 32.2. The van der Waals surface area contributed by atoms with Crippen LogP contribution in [0.25, 0.3) is 0 Å². The standard InChI is InChI=1S/C11H14N2O3S/c1-15-13-11(14)8-2-4-12-10(6-8)16-9-3-5-17-7-9/h2,4,6,9H,3,5,7H2,1H3,(H,13,14). The van der Waals surface area contributed by atoms with Crippen LogP contribution in [-0.2, 0) is 4.84 Å². The van der Waals surface area contributed by atoms with Gasteiger partial charge in [0, 0.05) is 23.6 Å².